The molecule has 0 saturated heterocycles. The molecule has 0 aliphatic rings. The van der Waals surface area contributed by atoms with Gasteiger partial charge in [-0.2, -0.15) is 5.10 Å². The second-order valence-electron chi connectivity index (χ2n) is 4.83. The van der Waals surface area contributed by atoms with Gasteiger partial charge in [-0.05, 0) is 43.7 Å². The molecule has 0 unspecified atom stereocenters. The lowest BCUT2D eigenvalue weighted by atomic mass is 10.2. The summed E-state index contributed by atoms with van der Waals surface area (Å²) in [7, 11) is 0. The first-order valence-electron chi connectivity index (χ1n) is 6.77. The zero-order valence-electron chi connectivity index (χ0n) is 11.8. The minimum Gasteiger partial charge on any atom is -0.313 e. The smallest absolute Gasteiger partial charge is 0.0677 e. The van der Waals surface area contributed by atoms with Gasteiger partial charge in [-0.25, -0.2) is 0 Å². The molecule has 0 radical (unpaired) electrons. The van der Waals surface area contributed by atoms with Crippen LogP contribution in [0.5, 0.6) is 0 Å². The molecule has 1 N–H and O–H groups in total. The van der Waals surface area contributed by atoms with Gasteiger partial charge in [0.15, 0.2) is 0 Å². The van der Waals surface area contributed by atoms with Crippen LogP contribution in [0.25, 0.3) is 0 Å². The van der Waals surface area contributed by atoms with Gasteiger partial charge in [0.25, 0.3) is 0 Å². The van der Waals surface area contributed by atoms with E-state index in [2.05, 4.69) is 24.3 Å². The van der Waals surface area contributed by atoms with Crippen LogP contribution in [0.1, 0.15) is 30.2 Å². The molecule has 0 bridgehead atoms. The van der Waals surface area contributed by atoms with E-state index in [4.69, 9.17) is 23.2 Å². The molecule has 0 aliphatic carbocycles. The van der Waals surface area contributed by atoms with Gasteiger partial charge in [0.2, 0.25) is 0 Å². The minimum absolute atomic E-state index is 0.638. The third-order valence-corrected chi connectivity index (χ3v) is 3.88. The quantitative estimate of drug-likeness (QED) is 0.816. The van der Waals surface area contributed by atoms with E-state index in [1.54, 1.807) is 6.07 Å². The Morgan fingerprint density at radius 3 is 2.80 bits per heavy atom. The summed E-state index contributed by atoms with van der Waals surface area (Å²) in [5, 5.41) is 9.24. The normalized spacial score (nSPS) is 11.0. The van der Waals surface area contributed by atoms with Gasteiger partial charge in [0.1, 0.15) is 0 Å². The Morgan fingerprint density at radius 1 is 1.25 bits per heavy atom. The Bertz CT molecular complexity index is 578. The summed E-state index contributed by atoms with van der Waals surface area (Å²) in [6.45, 7) is 6.74. The molecule has 0 amide bonds. The first-order valence-corrected chi connectivity index (χ1v) is 7.53. The third-order valence-electron chi connectivity index (χ3n) is 3.27. The SMILES string of the molecule is CCCNCc1cnn(Cc2cc(Cl)ccc2Cl)c1C. The van der Waals surface area contributed by atoms with Crippen molar-refractivity contribution in [2.24, 2.45) is 0 Å². The molecule has 0 aliphatic heterocycles. The minimum atomic E-state index is 0.638. The summed E-state index contributed by atoms with van der Waals surface area (Å²) in [4.78, 5) is 0. The number of hydrogen-bond donors (Lipinski definition) is 1. The Labute approximate surface area is 129 Å². The largest absolute Gasteiger partial charge is 0.313 e. The molecule has 1 aromatic heterocycles. The molecule has 2 rings (SSSR count). The highest BCUT2D eigenvalue weighted by Crippen LogP contribution is 2.22. The molecule has 3 nitrogen and oxygen atoms in total. The third kappa shape index (κ3) is 3.75. The molecular formula is C15H19Cl2N3. The highest BCUT2D eigenvalue weighted by molar-refractivity contribution is 6.33. The van der Waals surface area contributed by atoms with Crippen molar-refractivity contribution in [1.29, 1.82) is 0 Å². The standard InChI is InChI=1S/C15H19Cl2N3/c1-3-6-18-8-13-9-19-20(11(13)2)10-12-7-14(16)4-5-15(12)17/h4-5,7,9,18H,3,6,8,10H2,1-2H3. The lowest BCUT2D eigenvalue weighted by Gasteiger charge is -2.08. The monoisotopic (exact) mass is 311 g/mol. The fourth-order valence-corrected chi connectivity index (χ4v) is 2.42. The average Bonchev–Trinajstić information content (AvgIpc) is 2.76. The summed E-state index contributed by atoms with van der Waals surface area (Å²) < 4.78 is 1.96. The van der Waals surface area contributed by atoms with Crippen LogP contribution in [0.2, 0.25) is 10.0 Å². The number of rotatable bonds is 6. The highest BCUT2D eigenvalue weighted by atomic mass is 35.5. The molecule has 1 aromatic carbocycles. The van der Waals surface area contributed by atoms with Gasteiger partial charge in [-0.15, -0.1) is 0 Å². The van der Waals surface area contributed by atoms with E-state index in [0.29, 0.717) is 11.6 Å². The molecule has 5 heteroatoms. The van der Waals surface area contributed by atoms with E-state index in [-0.39, 0.29) is 0 Å². The van der Waals surface area contributed by atoms with Crippen LogP contribution < -0.4 is 5.32 Å². The molecule has 0 spiro atoms. The second-order valence-corrected chi connectivity index (χ2v) is 5.67. The maximum Gasteiger partial charge on any atom is 0.0677 e. The highest BCUT2D eigenvalue weighted by Gasteiger charge is 2.08. The van der Waals surface area contributed by atoms with Crippen LogP contribution in [-0.2, 0) is 13.1 Å². The number of nitrogens with one attached hydrogen (secondary N) is 1. The summed E-state index contributed by atoms with van der Waals surface area (Å²) in [6, 6.07) is 5.51. The predicted octanol–water partition coefficient (Wildman–Crippen LogP) is 4.05. The van der Waals surface area contributed by atoms with Gasteiger partial charge >= 0.3 is 0 Å². The first kappa shape index (κ1) is 15.4. The first-order chi connectivity index (χ1) is 9.61. The fourth-order valence-electron chi connectivity index (χ4n) is 2.04. The zero-order chi connectivity index (χ0) is 14.5. The van der Waals surface area contributed by atoms with Crippen molar-refractivity contribution in [1.82, 2.24) is 15.1 Å². The van der Waals surface area contributed by atoms with Crippen molar-refractivity contribution in [3.8, 4) is 0 Å². The summed E-state index contributed by atoms with van der Waals surface area (Å²) in [6.07, 6.45) is 3.04. The molecule has 1 heterocycles. The molecule has 0 saturated carbocycles. The molecule has 0 atom stereocenters. The van der Waals surface area contributed by atoms with E-state index in [1.165, 1.54) is 5.56 Å². The number of nitrogens with zero attached hydrogens (tertiary/aromatic N) is 2. The van der Waals surface area contributed by atoms with Crippen molar-refractivity contribution in [2.45, 2.75) is 33.4 Å². The number of benzene rings is 1. The molecule has 108 valence electrons. The molecule has 2 aromatic rings. The van der Waals surface area contributed by atoms with Gasteiger partial charge in [0, 0.05) is 27.8 Å². The summed E-state index contributed by atoms with van der Waals surface area (Å²) in [5.74, 6) is 0. The second kappa shape index (κ2) is 7.11. The van der Waals surface area contributed by atoms with Gasteiger partial charge in [-0.1, -0.05) is 30.1 Å². The van der Waals surface area contributed by atoms with Crippen molar-refractivity contribution in [2.75, 3.05) is 6.54 Å². The topological polar surface area (TPSA) is 29.9 Å². The van der Waals surface area contributed by atoms with E-state index in [1.807, 2.05) is 23.0 Å². The fraction of sp³-hybridized carbons (Fsp3) is 0.400. The van der Waals surface area contributed by atoms with E-state index in [9.17, 15) is 0 Å². The lowest BCUT2D eigenvalue weighted by molar-refractivity contribution is 0.651. The number of hydrogen-bond acceptors (Lipinski definition) is 2. The maximum absolute atomic E-state index is 6.20. The summed E-state index contributed by atoms with van der Waals surface area (Å²) >= 11 is 12.2. The van der Waals surface area contributed by atoms with Gasteiger partial charge in [0.05, 0.1) is 12.7 Å². The van der Waals surface area contributed by atoms with Crippen molar-refractivity contribution < 1.29 is 0 Å². The Balaban J connectivity index is 2.12. The van der Waals surface area contributed by atoms with Crippen LogP contribution in [0.4, 0.5) is 0 Å². The molecule has 20 heavy (non-hydrogen) atoms. The molecule has 0 fully saturated rings. The van der Waals surface area contributed by atoms with Crippen LogP contribution in [0, 0.1) is 6.92 Å². The Hall–Kier alpha value is -1.03. The van der Waals surface area contributed by atoms with Crippen LogP contribution >= 0.6 is 23.2 Å². The van der Waals surface area contributed by atoms with Crippen LogP contribution in [0.15, 0.2) is 24.4 Å². The number of aromatic nitrogens is 2. The zero-order valence-corrected chi connectivity index (χ0v) is 13.3. The Morgan fingerprint density at radius 2 is 2.05 bits per heavy atom. The van der Waals surface area contributed by atoms with E-state index in [0.717, 1.165) is 35.8 Å². The van der Waals surface area contributed by atoms with Crippen LogP contribution in [0.3, 0.4) is 0 Å². The average molecular weight is 312 g/mol. The van der Waals surface area contributed by atoms with Crippen LogP contribution in [-0.4, -0.2) is 16.3 Å². The maximum atomic E-state index is 6.20. The van der Waals surface area contributed by atoms with Crippen molar-refractivity contribution in [3.05, 3.63) is 51.3 Å². The van der Waals surface area contributed by atoms with Gasteiger partial charge in [-0.3, -0.25) is 4.68 Å². The van der Waals surface area contributed by atoms with Crippen molar-refractivity contribution in [3.63, 3.8) is 0 Å². The van der Waals surface area contributed by atoms with Crippen molar-refractivity contribution >= 4 is 23.2 Å². The van der Waals surface area contributed by atoms with E-state index >= 15 is 0 Å². The Kier molecular flexibility index (Phi) is 5.46. The lowest BCUT2D eigenvalue weighted by Crippen LogP contribution is -2.14. The van der Waals surface area contributed by atoms with E-state index < -0.39 is 0 Å². The molecular weight excluding hydrogens is 293 g/mol. The summed E-state index contributed by atoms with van der Waals surface area (Å²) in [5.41, 5.74) is 3.36. The van der Waals surface area contributed by atoms with Gasteiger partial charge < -0.3 is 5.32 Å². The predicted molar refractivity (Wildman–Crippen MR) is 84.5 cm³/mol. The number of halogens is 2.